The van der Waals surface area contributed by atoms with Crippen molar-refractivity contribution in [2.45, 2.75) is 5.92 Å². The SMILES string of the molecule is N#CC1=C(N)Oc2c(oc3ccccc3c2=O)C1c1cccs1. The molecule has 2 aromatic heterocycles. The largest absolute Gasteiger partial charge is 0.456 e. The average Bonchev–Trinajstić information content (AvgIpc) is 3.09. The van der Waals surface area contributed by atoms with Crippen LogP contribution in [0.25, 0.3) is 11.0 Å². The molecule has 1 aliphatic rings. The number of hydrogen-bond donors (Lipinski definition) is 1. The minimum Gasteiger partial charge on any atom is -0.456 e. The van der Waals surface area contributed by atoms with E-state index in [0.29, 0.717) is 16.7 Å². The van der Waals surface area contributed by atoms with Crippen LogP contribution in [0.15, 0.2) is 62.4 Å². The summed E-state index contributed by atoms with van der Waals surface area (Å²) in [7, 11) is 0. The molecule has 23 heavy (non-hydrogen) atoms. The van der Waals surface area contributed by atoms with Gasteiger partial charge in [-0.3, -0.25) is 4.79 Å². The first-order chi connectivity index (χ1) is 11.2. The minimum absolute atomic E-state index is 0.0543. The Balaban J connectivity index is 2.09. The highest BCUT2D eigenvalue weighted by molar-refractivity contribution is 7.10. The van der Waals surface area contributed by atoms with Crippen molar-refractivity contribution in [1.82, 2.24) is 0 Å². The number of nitrogens with zero attached hydrogens (tertiary/aromatic N) is 1. The first-order valence-electron chi connectivity index (χ1n) is 6.87. The molecule has 1 atom stereocenters. The monoisotopic (exact) mass is 322 g/mol. The Labute approximate surface area is 134 Å². The third-order valence-electron chi connectivity index (χ3n) is 3.76. The van der Waals surface area contributed by atoms with E-state index in [1.807, 2.05) is 17.5 Å². The normalized spacial score (nSPS) is 16.7. The molecule has 1 aromatic carbocycles. The Morgan fingerprint density at radius 1 is 1.22 bits per heavy atom. The summed E-state index contributed by atoms with van der Waals surface area (Å²) in [5.74, 6) is -0.206. The van der Waals surface area contributed by atoms with Crippen molar-refractivity contribution in [2.75, 3.05) is 0 Å². The maximum absolute atomic E-state index is 12.7. The molecule has 2 N–H and O–H groups in total. The van der Waals surface area contributed by atoms with Crippen LogP contribution >= 0.6 is 11.3 Å². The van der Waals surface area contributed by atoms with Gasteiger partial charge in [0.15, 0.2) is 5.76 Å². The Bertz CT molecular complexity index is 1040. The molecule has 3 aromatic rings. The highest BCUT2D eigenvalue weighted by Gasteiger charge is 2.35. The standard InChI is InChI=1S/C17H10N2O3S/c18-8-10-13(12-6-3-7-23-12)15-16(22-17(10)19)14(20)9-4-1-2-5-11(9)21-15/h1-7,13H,19H2. The molecule has 0 fully saturated rings. The molecule has 0 bridgehead atoms. The summed E-state index contributed by atoms with van der Waals surface area (Å²) < 4.78 is 11.4. The molecular weight excluding hydrogens is 312 g/mol. The molecule has 1 unspecified atom stereocenters. The Kier molecular flexibility index (Phi) is 2.96. The van der Waals surface area contributed by atoms with Gasteiger partial charge < -0.3 is 14.9 Å². The van der Waals surface area contributed by atoms with Crippen LogP contribution in [0.1, 0.15) is 16.6 Å². The number of ether oxygens (including phenoxy) is 1. The van der Waals surface area contributed by atoms with Gasteiger partial charge in [-0.2, -0.15) is 5.26 Å². The molecule has 0 radical (unpaired) electrons. The van der Waals surface area contributed by atoms with Gasteiger partial charge in [0, 0.05) is 4.88 Å². The first-order valence-corrected chi connectivity index (χ1v) is 7.75. The van der Waals surface area contributed by atoms with E-state index >= 15 is 0 Å². The summed E-state index contributed by atoms with van der Waals surface area (Å²) in [6, 6.07) is 12.8. The molecule has 0 amide bonds. The number of thiophene rings is 1. The molecule has 5 nitrogen and oxygen atoms in total. The molecule has 1 aliphatic heterocycles. The zero-order valence-electron chi connectivity index (χ0n) is 11.8. The molecule has 0 saturated carbocycles. The van der Waals surface area contributed by atoms with E-state index in [1.54, 1.807) is 24.3 Å². The predicted molar refractivity (Wildman–Crippen MR) is 86.1 cm³/mol. The third-order valence-corrected chi connectivity index (χ3v) is 4.70. The van der Waals surface area contributed by atoms with Crippen molar-refractivity contribution in [2.24, 2.45) is 5.73 Å². The fourth-order valence-corrected chi connectivity index (χ4v) is 3.55. The van der Waals surface area contributed by atoms with Gasteiger partial charge in [-0.25, -0.2) is 0 Å². The van der Waals surface area contributed by atoms with E-state index in [0.717, 1.165) is 4.88 Å². The van der Waals surface area contributed by atoms with E-state index in [4.69, 9.17) is 14.9 Å². The zero-order valence-corrected chi connectivity index (χ0v) is 12.6. The van der Waals surface area contributed by atoms with Crippen LogP contribution in [-0.2, 0) is 0 Å². The first kappa shape index (κ1) is 13.6. The lowest BCUT2D eigenvalue weighted by atomic mass is 9.92. The van der Waals surface area contributed by atoms with Crippen LogP contribution in [0.4, 0.5) is 0 Å². The second-order valence-corrected chi connectivity index (χ2v) is 6.04. The molecule has 0 saturated heterocycles. The van der Waals surface area contributed by atoms with Gasteiger partial charge in [-0.15, -0.1) is 11.3 Å². The smallest absolute Gasteiger partial charge is 0.235 e. The van der Waals surface area contributed by atoms with Gasteiger partial charge in [-0.1, -0.05) is 18.2 Å². The highest BCUT2D eigenvalue weighted by atomic mass is 32.1. The van der Waals surface area contributed by atoms with Crippen molar-refractivity contribution in [3.63, 3.8) is 0 Å². The van der Waals surface area contributed by atoms with Crippen molar-refractivity contribution in [1.29, 1.82) is 5.26 Å². The van der Waals surface area contributed by atoms with Crippen LogP contribution in [0.3, 0.4) is 0 Å². The zero-order chi connectivity index (χ0) is 16.0. The fraction of sp³-hybridized carbons (Fsp3) is 0.0588. The molecule has 0 aliphatic carbocycles. The quantitative estimate of drug-likeness (QED) is 0.743. The number of allylic oxidation sites excluding steroid dienone is 1. The summed E-state index contributed by atoms with van der Waals surface area (Å²) in [6.45, 7) is 0. The second kappa shape index (κ2) is 5.00. The van der Waals surface area contributed by atoms with Gasteiger partial charge in [0.1, 0.15) is 17.2 Å². The van der Waals surface area contributed by atoms with Gasteiger partial charge in [0.05, 0.1) is 11.3 Å². The number of nitrogens with two attached hydrogens (primary N) is 1. The second-order valence-electron chi connectivity index (χ2n) is 5.06. The molecule has 3 heterocycles. The van der Waals surface area contributed by atoms with Crippen molar-refractivity contribution >= 4 is 22.3 Å². The average molecular weight is 322 g/mol. The maximum atomic E-state index is 12.7. The van der Waals surface area contributed by atoms with Gasteiger partial charge in [0.2, 0.25) is 17.1 Å². The Morgan fingerprint density at radius 2 is 2.04 bits per heavy atom. The summed E-state index contributed by atoms with van der Waals surface area (Å²) >= 11 is 1.47. The van der Waals surface area contributed by atoms with Crippen LogP contribution in [0.5, 0.6) is 5.75 Å². The van der Waals surface area contributed by atoms with Crippen LogP contribution in [0.2, 0.25) is 0 Å². The molecular formula is C17H10N2O3S. The van der Waals surface area contributed by atoms with Crippen LogP contribution < -0.4 is 15.9 Å². The number of para-hydroxylation sites is 1. The lowest BCUT2D eigenvalue weighted by molar-refractivity contribution is 0.355. The van der Waals surface area contributed by atoms with E-state index in [1.165, 1.54) is 11.3 Å². The number of hydrogen-bond acceptors (Lipinski definition) is 6. The summed E-state index contributed by atoms with van der Waals surface area (Å²) in [4.78, 5) is 13.6. The van der Waals surface area contributed by atoms with Gasteiger partial charge in [-0.05, 0) is 23.6 Å². The van der Waals surface area contributed by atoms with Crippen molar-refractivity contribution in [3.8, 4) is 11.8 Å². The minimum atomic E-state index is -0.527. The number of benzene rings is 1. The van der Waals surface area contributed by atoms with E-state index < -0.39 is 5.92 Å². The van der Waals surface area contributed by atoms with Crippen molar-refractivity contribution in [3.05, 3.63) is 74.1 Å². The molecule has 112 valence electrons. The topological polar surface area (TPSA) is 89.2 Å². The lowest BCUT2D eigenvalue weighted by Gasteiger charge is -2.23. The van der Waals surface area contributed by atoms with E-state index in [9.17, 15) is 10.1 Å². The number of nitriles is 1. The Morgan fingerprint density at radius 3 is 2.78 bits per heavy atom. The summed E-state index contributed by atoms with van der Waals surface area (Å²) in [6.07, 6.45) is 0. The lowest BCUT2D eigenvalue weighted by Crippen LogP contribution is -2.24. The summed E-state index contributed by atoms with van der Waals surface area (Å²) in [5, 5.41) is 11.8. The van der Waals surface area contributed by atoms with Crippen molar-refractivity contribution < 1.29 is 9.15 Å². The number of rotatable bonds is 1. The number of fused-ring (bicyclic) bond motifs is 2. The molecule has 6 heteroatoms. The van der Waals surface area contributed by atoms with E-state index in [-0.39, 0.29) is 22.6 Å². The third kappa shape index (κ3) is 1.94. The van der Waals surface area contributed by atoms with Crippen LogP contribution in [-0.4, -0.2) is 0 Å². The highest BCUT2D eigenvalue weighted by Crippen LogP contribution is 2.43. The predicted octanol–water partition coefficient (Wildman–Crippen LogP) is 3.07. The fourth-order valence-electron chi connectivity index (χ4n) is 2.71. The van der Waals surface area contributed by atoms with E-state index in [2.05, 4.69) is 6.07 Å². The van der Waals surface area contributed by atoms with Gasteiger partial charge >= 0.3 is 0 Å². The Hall–Kier alpha value is -3.04. The summed E-state index contributed by atoms with van der Waals surface area (Å²) in [5.41, 5.74) is 6.29. The molecule has 0 spiro atoms. The maximum Gasteiger partial charge on any atom is 0.235 e. The van der Waals surface area contributed by atoms with Crippen LogP contribution in [0, 0.1) is 11.3 Å². The molecule has 4 rings (SSSR count). The van der Waals surface area contributed by atoms with Gasteiger partial charge in [0.25, 0.3) is 0 Å².